The minimum atomic E-state index is -0.123. The molecule has 57 valence electrons. The summed E-state index contributed by atoms with van der Waals surface area (Å²) in [4.78, 5) is 0. The molecule has 1 nitrogen and oxygen atoms in total. The third kappa shape index (κ3) is 1.84. The van der Waals surface area contributed by atoms with Gasteiger partial charge in [-0.15, -0.1) is 0 Å². The topological polar surface area (TPSA) is 9.23 Å². The summed E-state index contributed by atoms with van der Waals surface area (Å²) in [6.07, 6.45) is 6.11. The Balaban J connectivity index is 2.73. The Morgan fingerprint density at radius 3 is 2.20 bits per heavy atom. The molecule has 0 spiro atoms. The lowest BCUT2D eigenvalue weighted by Crippen LogP contribution is -2.38. The molecular formula is C9H15O. The van der Waals surface area contributed by atoms with Crippen LogP contribution in [0.5, 0.6) is 0 Å². The van der Waals surface area contributed by atoms with Crippen molar-refractivity contribution in [3.8, 4) is 0 Å². The molecule has 1 heteroatoms. The van der Waals surface area contributed by atoms with Crippen LogP contribution >= 0.6 is 0 Å². The molecule has 0 unspecified atom stereocenters. The maximum Gasteiger partial charge on any atom is 0.0819 e. The van der Waals surface area contributed by atoms with Crippen LogP contribution in [0.2, 0.25) is 0 Å². The summed E-state index contributed by atoms with van der Waals surface area (Å²) in [5.74, 6) is 0. The first kappa shape index (κ1) is 7.80. The molecule has 0 aromatic heterocycles. The lowest BCUT2D eigenvalue weighted by Gasteiger charge is -2.36. The maximum atomic E-state index is 5.74. The maximum absolute atomic E-state index is 5.74. The van der Waals surface area contributed by atoms with Gasteiger partial charge in [-0.25, -0.2) is 0 Å². The zero-order chi connectivity index (χ0) is 7.83. The lowest BCUT2D eigenvalue weighted by molar-refractivity contribution is -0.105. The second-order valence-corrected chi connectivity index (χ2v) is 3.99. The predicted octanol–water partition coefficient (Wildman–Crippen LogP) is 2.32. The number of ether oxygens (including phenoxy) is 1. The van der Waals surface area contributed by atoms with Crippen LogP contribution in [-0.2, 0) is 4.74 Å². The van der Waals surface area contributed by atoms with Crippen molar-refractivity contribution in [3.05, 3.63) is 12.2 Å². The van der Waals surface area contributed by atoms with Crippen LogP contribution in [0.15, 0.2) is 6.08 Å². The van der Waals surface area contributed by atoms with Crippen molar-refractivity contribution in [1.82, 2.24) is 0 Å². The second kappa shape index (κ2) is 2.09. The summed E-state index contributed by atoms with van der Waals surface area (Å²) in [6.45, 7) is 8.30. The normalized spacial score (nSPS) is 28.4. The van der Waals surface area contributed by atoms with Gasteiger partial charge in [0.05, 0.1) is 11.2 Å². The van der Waals surface area contributed by atoms with Crippen LogP contribution in [0.4, 0.5) is 0 Å². The number of hydrogen-bond donors (Lipinski definition) is 0. The van der Waals surface area contributed by atoms with Gasteiger partial charge in [0.25, 0.3) is 0 Å². The van der Waals surface area contributed by atoms with Crippen molar-refractivity contribution >= 4 is 0 Å². The molecule has 1 aliphatic heterocycles. The molecule has 0 aromatic carbocycles. The van der Waals surface area contributed by atoms with Crippen molar-refractivity contribution in [2.24, 2.45) is 0 Å². The molecule has 0 N–H and O–H groups in total. The summed E-state index contributed by atoms with van der Waals surface area (Å²) in [6, 6.07) is 0. The van der Waals surface area contributed by atoms with Gasteiger partial charge < -0.3 is 4.74 Å². The molecule has 0 saturated carbocycles. The van der Waals surface area contributed by atoms with E-state index < -0.39 is 0 Å². The highest BCUT2D eigenvalue weighted by atomic mass is 16.5. The fourth-order valence-electron chi connectivity index (χ4n) is 1.32. The van der Waals surface area contributed by atoms with E-state index in [1.165, 1.54) is 0 Å². The first-order valence-corrected chi connectivity index (χ1v) is 3.69. The average Bonchev–Trinajstić information content (AvgIpc) is 1.56. The molecule has 0 fully saturated rings. The Bertz CT molecular complexity index is 154. The Labute approximate surface area is 63.1 Å². The number of rotatable bonds is 0. The van der Waals surface area contributed by atoms with E-state index in [2.05, 4.69) is 33.8 Å². The van der Waals surface area contributed by atoms with Gasteiger partial charge >= 0.3 is 0 Å². The van der Waals surface area contributed by atoms with Crippen molar-refractivity contribution < 1.29 is 4.74 Å². The van der Waals surface area contributed by atoms with Crippen LogP contribution in [0, 0.1) is 6.08 Å². The largest absolute Gasteiger partial charge is 0.365 e. The molecular weight excluding hydrogens is 124 g/mol. The van der Waals surface area contributed by atoms with Crippen LogP contribution in [-0.4, -0.2) is 11.2 Å². The second-order valence-electron chi connectivity index (χ2n) is 3.99. The summed E-state index contributed by atoms with van der Waals surface area (Å²) >= 11 is 0. The fourth-order valence-corrected chi connectivity index (χ4v) is 1.32. The van der Waals surface area contributed by atoms with E-state index in [4.69, 9.17) is 4.74 Å². The Morgan fingerprint density at radius 1 is 1.30 bits per heavy atom. The van der Waals surface area contributed by atoms with Gasteiger partial charge in [0.15, 0.2) is 0 Å². The minimum absolute atomic E-state index is 0.0295. The van der Waals surface area contributed by atoms with E-state index in [9.17, 15) is 0 Å². The predicted molar refractivity (Wildman–Crippen MR) is 41.7 cm³/mol. The van der Waals surface area contributed by atoms with Crippen molar-refractivity contribution in [1.29, 1.82) is 0 Å². The zero-order valence-electron chi connectivity index (χ0n) is 7.19. The van der Waals surface area contributed by atoms with E-state index >= 15 is 0 Å². The molecule has 0 amide bonds. The first-order chi connectivity index (χ1) is 4.41. The third-order valence-electron chi connectivity index (χ3n) is 1.52. The van der Waals surface area contributed by atoms with Gasteiger partial charge in [-0.1, -0.05) is 0 Å². The van der Waals surface area contributed by atoms with Crippen LogP contribution in [0.25, 0.3) is 0 Å². The molecule has 0 atom stereocenters. The Hall–Kier alpha value is -0.300. The van der Waals surface area contributed by atoms with E-state index in [0.29, 0.717) is 0 Å². The quantitative estimate of drug-likeness (QED) is 0.500. The fraction of sp³-hybridized carbons (Fsp3) is 0.778. The van der Waals surface area contributed by atoms with E-state index in [-0.39, 0.29) is 11.2 Å². The van der Waals surface area contributed by atoms with Crippen LogP contribution in [0.3, 0.4) is 0 Å². The lowest BCUT2D eigenvalue weighted by atomic mass is 9.96. The average molecular weight is 139 g/mol. The monoisotopic (exact) mass is 139 g/mol. The molecule has 0 saturated heterocycles. The van der Waals surface area contributed by atoms with Gasteiger partial charge in [0.2, 0.25) is 0 Å². The summed E-state index contributed by atoms with van der Waals surface area (Å²) in [7, 11) is 0. The molecule has 1 radical (unpaired) electrons. The van der Waals surface area contributed by atoms with E-state index in [1.807, 2.05) is 6.08 Å². The molecule has 0 aromatic rings. The molecule has 1 aliphatic rings. The molecule has 0 bridgehead atoms. The van der Waals surface area contributed by atoms with Crippen molar-refractivity contribution in [3.63, 3.8) is 0 Å². The minimum Gasteiger partial charge on any atom is -0.365 e. The van der Waals surface area contributed by atoms with E-state index in [1.54, 1.807) is 0 Å². The molecule has 1 rings (SSSR count). The standard InChI is InChI=1S/C9H15O/c1-8(2)6-5-7-9(3,4)10-8/h6H,7H2,1-4H3. The van der Waals surface area contributed by atoms with Crippen LogP contribution in [0.1, 0.15) is 34.1 Å². The van der Waals surface area contributed by atoms with Gasteiger partial charge in [-0.3, -0.25) is 0 Å². The van der Waals surface area contributed by atoms with Crippen molar-refractivity contribution in [2.75, 3.05) is 0 Å². The molecule has 0 aliphatic carbocycles. The molecule has 1 heterocycles. The van der Waals surface area contributed by atoms with Gasteiger partial charge in [-0.2, -0.15) is 0 Å². The first-order valence-electron chi connectivity index (χ1n) is 3.69. The SMILES string of the molecule is CC1(C)C=[C]CC(C)(C)O1. The zero-order valence-corrected chi connectivity index (χ0v) is 7.19. The van der Waals surface area contributed by atoms with Crippen molar-refractivity contribution in [2.45, 2.75) is 45.3 Å². The van der Waals surface area contributed by atoms with Gasteiger partial charge in [0.1, 0.15) is 0 Å². The Morgan fingerprint density at radius 2 is 1.90 bits per heavy atom. The highest BCUT2D eigenvalue weighted by Crippen LogP contribution is 2.28. The smallest absolute Gasteiger partial charge is 0.0819 e. The Kier molecular flexibility index (Phi) is 1.63. The highest BCUT2D eigenvalue weighted by Gasteiger charge is 2.29. The van der Waals surface area contributed by atoms with Gasteiger partial charge in [-0.05, 0) is 39.8 Å². The van der Waals surface area contributed by atoms with Crippen LogP contribution < -0.4 is 0 Å². The highest BCUT2D eigenvalue weighted by molar-refractivity contribution is 5.00. The summed E-state index contributed by atoms with van der Waals surface area (Å²) in [5, 5.41) is 0. The van der Waals surface area contributed by atoms with Gasteiger partial charge in [0, 0.05) is 6.42 Å². The summed E-state index contributed by atoms with van der Waals surface area (Å²) < 4.78 is 5.74. The third-order valence-corrected chi connectivity index (χ3v) is 1.52. The van der Waals surface area contributed by atoms with E-state index in [0.717, 1.165) is 6.42 Å². The summed E-state index contributed by atoms with van der Waals surface area (Å²) in [5.41, 5.74) is -0.153. The number of hydrogen-bond acceptors (Lipinski definition) is 1. The molecule has 10 heavy (non-hydrogen) atoms.